The molecule has 0 heterocycles. The molecule has 1 atom stereocenters. The molecule has 1 unspecified atom stereocenters. The second-order valence-corrected chi connectivity index (χ2v) is 7.03. The average molecular weight is 260 g/mol. The fourth-order valence-electron chi connectivity index (χ4n) is 1.35. The minimum Gasteiger partial charge on any atom is -0.383 e. The summed E-state index contributed by atoms with van der Waals surface area (Å²) in [7, 11) is -3.32. The number of hydrogen-bond donors (Lipinski definition) is 1. The number of halogens is 1. The Hall–Kier alpha value is -0.940. The SMILES string of the molecule is CC(C)S(=O)(=O)c1ccc(C(C)(O)CF)cc1. The van der Waals surface area contributed by atoms with Gasteiger partial charge < -0.3 is 5.11 Å². The molecule has 3 nitrogen and oxygen atoms in total. The topological polar surface area (TPSA) is 54.4 Å². The van der Waals surface area contributed by atoms with Crippen molar-refractivity contribution in [1.29, 1.82) is 0 Å². The molecule has 0 aromatic heterocycles. The molecule has 1 N–H and O–H groups in total. The number of alkyl halides is 1. The lowest BCUT2D eigenvalue weighted by atomic mass is 9.98. The van der Waals surface area contributed by atoms with Crippen LogP contribution in [0.15, 0.2) is 29.2 Å². The highest BCUT2D eigenvalue weighted by atomic mass is 32.2. The van der Waals surface area contributed by atoms with Gasteiger partial charge in [0.05, 0.1) is 10.1 Å². The number of benzene rings is 1. The van der Waals surface area contributed by atoms with E-state index >= 15 is 0 Å². The van der Waals surface area contributed by atoms with Gasteiger partial charge in [-0.3, -0.25) is 0 Å². The predicted octanol–water partition coefficient (Wildman–Crippen LogP) is 2.05. The van der Waals surface area contributed by atoms with Crippen molar-refractivity contribution in [3.63, 3.8) is 0 Å². The van der Waals surface area contributed by atoms with Crippen molar-refractivity contribution < 1.29 is 17.9 Å². The van der Waals surface area contributed by atoms with Gasteiger partial charge in [0.2, 0.25) is 0 Å². The van der Waals surface area contributed by atoms with Crippen LogP contribution in [0.25, 0.3) is 0 Å². The Balaban J connectivity index is 3.14. The van der Waals surface area contributed by atoms with Crippen LogP contribution in [0, 0.1) is 0 Å². The molecule has 0 amide bonds. The molecule has 1 rings (SSSR count). The molecule has 0 aliphatic rings. The van der Waals surface area contributed by atoms with Crippen LogP contribution >= 0.6 is 0 Å². The molecule has 0 fully saturated rings. The number of sulfone groups is 1. The smallest absolute Gasteiger partial charge is 0.180 e. The Morgan fingerprint density at radius 2 is 1.76 bits per heavy atom. The summed E-state index contributed by atoms with van der Waals surface area (Å²) in [6, 6.07) is 5.67. The zero-order valence-electron chi connectivity index (χ0n) is 10.1. The molecule has 1 aromatic rings. The van der Waals surface area contributed by atoms with Gasteiger partial charge in [-0.15, -0.1) is 0 Å². The van der Waals surface area contributed by atoms with Gasteiger partial charge in [-0.1, -0.05) is 12.1 Å². The van der Waals surface area contributed by atoms with Gasteiger partial charge >= 0.3 is 0 Å². The molecule has 0 radical (unpaired) electrons. The van der Waals surface area contributed by atoms with E-state index in [9.17, 15) is 17.9 Å². The lowest BCUT2D eigenvalue weighted by molar-refractivity contribution is 0.0299. The largest absolute Gasteiger partial charge is 0.383 e. The van der Waals surface area contributed by atoms with E-state index in [1.165, 1.54) is 31.2 Å². The molecule has 96 valence electrons. The molecular weight excluding hydrogens is 243 g/mol. The van der Waals surface area contributed by atoms with Crippen LogP contribution < -0.4 is 0 Å². The van der Waals surface area contributed by atoms with Gasteiger partial charge in [-0.2, -0.15) is 0 Å². The summed E-state index contributed by atoms with van der Waals surface area (Å²) in [6.45, 7) is 3.63. The Labute approximate surface area is 101 Å². The molecule has 5 heteroatoms. The van der Waals surface area contributed by atoms with Crippen LogP contribution in [-0.4, -0.2) is 25.4 Å². The van der Waals surface area contributed by atoms with Gasteiger partial charge in [0.25, 0.3) is 0 Å². The van der Waals surface area contributed by atoms with E-state index in [4.69, 9.17) is 0 Å². The van der Waals surface area contributed by atoms with Crippen LogP contribution in [0.4, 0.5) is 4.39 Å². The molecule has 0 aliphatic carbocycles. The summed E-state index contributed by atoms with van der Waals surface area (Å²) >= 11 is 0. The van der Waals surface area contributed by atoms with Crippen molar-refractivity contribution in [2.45, 2.75) is 36.5 Å². The fraction of sp³-hybridized carbons (Fsp3) is 0.500. The third-order valence-corrected chi connectivity index (χ3v) is 4.86. The summed E-state index contributed by atoms with van der Waals surface area (Å²) in [4.78, 5) is 0.186. The maximum atomic E-state index is 12.6. The minimum atomic E-state index is -3.32. The van der Waals surface area contributed by atoms with E-state index in [-0.39, 0.29) is 4.90 Å². The van der Waals surface area contributed by atoms with Gasteiger partial charge in [0.15, 0.2) is 9.84 Å². The van der Waals surface area contributed by atoms with Crippen molar-refractivity contribution >= 4 is 9.84 Å². The maximum absolute atomic E-state index is 12.6. The number of hydrogen-bond acceptors (Lipinski definition) is 3. The van der Waals surface area contributed by atoms with Crippen LogP contribution in [0.1, 0.15) is 26.3 Å². The molecule has 0 saturated carbocycles. The lowest BCUT2D eigenvalue weighted by Gasteiger charge is -2.20. The highest BCUT2D eigenvalue weighted by molar-refractivity contribution is 7.92. The highest BCUT2D eigenvalue weighted by Crippen LogP contribution is 2.24. The van der Waals surface area contributed by atoms with Crippen molar-refractivity contribution in [1.82, 2.24) is 0 Å². The Morgan fingerprint density at radius 3 is 2.12 bits per heavy atom. The Morgan fingerprint density at radius 1 is 1.29 bits per heavy atom. The van der Waals surface area contributed by atoms with Gasteiger partial charge in [0.1, 0.15) is 12.3 Å². The highest BCUT2D eigenvalue weighted by Gasteiger charge is 2.24. The van der Waals surface area contributed by atoms with E-state index < -0.39 is 27.4 Å². The van der Waals surface area contributed by atoms with Gasteiger partial charge in [0, 0.05) is 0 Å². The van der Waals surface area contributed by atoms with Crippen LogP contribution in [0.2, 0.25) is 0 Å². The molecule has 0 spiro atoms. The first-order chi connectivity index (χ1) is 7.71. The summed E-state index contributed by atoms with van der Waals surface area (Å²) in [5, 5.41) is 9.17. The van der Waals surface area contributed by atoms with Crippen molar-refractivity contribution in [2.75, 3.05) is 6.67 Å². The third-order valence-electron chi connectivity index (χ3n) is 2.69. The predicted molar refractivity (Wildman–Crippen MR) is 64.3 cm³/mol. The maximum Gasteiger partial charge on any atom is 0.180 e. The first kappa shape index (κ1) is 14.1. The standard InChI is InChI=1S/C12H17FO3S/c1-9(2)17(15,16)11-6-4-10(5-7-11)12(3,14)8-13/h4-7,9,14H,8H2,1-3H3. The average Bonchev–Trinajstić information content (AvgIpc) is 2.29. The lowest BCUT2D eigenvalue weighted by Crippen LogP contribution is -2.23. The zero-order valence-corrected chi connectivity index (χ0v) is 11.0. The molecular formula is C12H17FO3S. The van der Waals surface area contributed by atoms with E-state index in [0.29, 0.717) is 5.56 Å². The quantitative estimate of drug-likeness (QED) is 0.901. The first-order valence-corrected chi connectivity index (χ1v) is 6.89. The Bertz CT molecular complexity index is 475. The summed E-state index contributed by atoms with van der Waals surface area (Å²) in [5.41, 5.74) is -1.21. The van der Waals surface area contributed by atoms with Crippen LogP contribution in [-0.2, 0) is 15.4 Å². The third kappa shape index (κ3) is 2.84. The van der Waals surface area contributed by atoms with Crippen molar-refractivity contribution in [2.24, 2.45) is 0 Å². The van der Waals surface area contributed by atoms with Gasteiger partial charge in [-0.05, 0) is 38.5 Å². The second kappa shape index (κ2) is 4.74. The van der Waals surface area contributed by atoms with E-state index in [1.54, 1.807) is 13.8 Å². The summed E-state index contributed by atoms with van der Waals surface area (Å²) in [6.07, 6.45) is 0. The molecule has 0 aliphatic heterocycles. The summed E-state index contributed by atoms with van der Waals surface area (Å²) < 4.78 is 36.2. The monoisotopic (exact) mass is 260 g/mol. The Kier molecular flexibility index (Phi) is 3.94. The van der Waals surface area contributed by atoms with Crippen molar-refractivity contribution in [3.8, 4) is 0 Å². The first-order valence-electron chi connectivity index (χ1n) is 5.34. The number of rotatable bonds is 4. The minimum absolute atomic E-state index is 0.186. The van der Waals surface area contributed by atoms with Gasteiger partial charge in [-0.25, -0.2) is 12.8 Å². The van der Waals surface area contributed by atoms with E-state index in [1.807, 2.05) is 0 Å². The number of aliphatic hydroxyl groups is 1. The normalized spacial score (nSPS) is 15.9. The van der Waals surface area contributed by atoms with Crippen LogP contribution in [0.5, 0.6) is 0 Å². The van der Waals surface area contributed by atoms with Crippen LogP contribution in [0.3, 0.4) is 0 Å². The molecule has 0 bridgehead atoms. The van der Waals surface area contributed by atoms with Crippen molar-refractivity contribution in [3.05, 3.63) is 29.8 Å². The fourth-order valence-corrected chi connectivity index (χ4v) is 2.41. The molecule has 17 heavy (non-hydrogen) atoms. The summed E-state index contributed by atoms with van der Waals surface area (Å²) in [5.74, 6) is 0. The van der Waals surface area contributed by atoms with E-state index in [2.05, 4.69) is 0 Å². The molecule has 1 aromatic carbocycles. The van der Waals surface area contributed by atoms with E-state index in [0.717, 1.165) is 0 Å². The zero-order chi connectivity index (χ0) is 13.3. The second-order valence-electron chi connectivity index (χ2n) is 4.53. The molecule has 0 saturated heterocycles.